The van der Waals surface area contributed by atoms with E-state index in [-0.39, 0.29) is 2.85 Å². The highest BCUT2D eigenvalue weighted by Crippen LogP contribution is 2.37. The minimum atomic E-state index is 0. The van der Waals surface area contributed by atoms with Crippen molar-refractivity contribution in [3.05, 3.63) is 83.9 Å². The lowest BCUT2D eigenvalue weighted by Gasteiger charge is -2.02. The van der Waals surface area contributed by atoms with Gasteiger partial charge in [-0.2, -0.15) is 0 Å². The zero-order chi connectivity index (χ0) is 20.9. The predicted molar refractivity (Wildman–Crippen MR) is 141 cm³/mol. The van der Waals surface area contributed by atoms with Gasteiger partial charge in [-0.3, -0.25) is 0 Å². The molecule has 1 aliphatic rings. The van der Waals surface area contributed by atoms with Crippen molar-refractivity contribution in [3.63, 3.8) is 0 Å². The Kier molecular flexibility index (Phi) is 4.00. The molecule has 2 heteroatoms. The lowest BCUT2D eigenvalue weighted by molar-refractivity contribution is 1.44. The monoisotopic (exact) mass is 404 g/mol. The van der Waals surface area contributed by atoms with Crippen molar-refractivity contribution >= 4 is 66.5 Å². The summed E-state index contributed by atoms with van der Waals surface area (Å²) >= 11 is 0. The molecule has 7 rings (SSSR count). The van der Waals surface area contributed by atoms with E-state index < -0.39 is 0 Å². The summed E-state index contributed by atoms with van der Waals surface area (Å²) in [7, 11) is 0. The minimum Gasteiger partial charge on any atom is -0.354 e. The number of benzene rings is 4. The van der Waals surface area contributed by atoms with E-state index in [0.29, 0.717) is 0 Å². The number of aromatic nitrogens is 2. The highest BCUT2D eigenvalue weighted by molar-refractivity contribution is 6.21. The smallest absolute Gasteiger partial charge is 0.0544 e. The van der Waals surface area contributed by atoms with Crippen LogP contribution >= 0.6 is 0 Å². The summed E-state index contributed by atoms with van der Waals surface area (Å²) in [5.74, 6) is 0. The summed E-state index contributed by atoms with van der Waals surface area (Å²) in [4.78, 5) is 7.42. The van der Waals surface area contributed by atoms with Gasteiger partial charge in [0.15, 0.2) is 0 Å². The van der Waals surface area contributed by atoms with E-state index in [2.05, 4.69) is 94.9 Å². The fourth-order valence-corrected chi connectivity index (χ4v) is 4.93. The van der Waals surface area contributed by atoms with Gasteiger partial charge in [-0.15, -0.1) is 0 Å². The normalized spacial score (nSPS) is 13.1. The lowest BCUT2D eigenvalue weighted by atomic mass is 10.0. The Morgan fingerprint density at radius 3 is 2.16 bits per heavy atom. The number of allylic oxidation sites excluding steroid dienone is 2. The molecule has 0 unspecified atom stereocenters. The molecule has 0 bridgehead atoms. The molecule has 2 heterocycles. The molecule has 0 atom stereocenters. The molecule has 2 aromatic heterocycles. The van der Waals surface area contributed by atoms with Gasteiger partial charge in [-0.25, -0.2) is 0 Å². The SMILES string of the molecule is C1=Cc2ccc3c([nH]c4cc5c(cc43)[nH]c3c4ccccc4ccc53)c2C=CC1.CC.[HH].[HH]. The molecule has 2 N–H and O–H groups in total. The van der Waals surface area contributed by atoms with Gasteiger partial charge in [-0.1, -0.05) is 86.7 Å². The van der Waals surface area contributed by atoms with Crippen LogP contribution in [0.5, 0.6) is 0 Å². The van der Waals surface area contributed by atoms with Gasteiger partial charge in [0.1, 0.15) is 0 Å². The molecule has 4 aromatic carbocycles. The maximum Gasteiger partial charge on any atom is 0.0544 e. The number of H-pyrrole nitrogens is 2. The molecule has 0 spiro atoms. The van der Waals surface area contributed by atoms with E-state index in [0.717, 1.165) is 6.42 Å². The van der Waals surface area contributed by atoms with Crippen LogP contribution in [0.4, 0.5) is 0 Å². The lowest BCUT2D eigenvalue weighted by Crippen LogP contribution is -1.82. The second-order valence-corrected chi connectivity index (χ2v) is 7.93. The first-order chi connectivity index (χ1) is 15.4. The van der Waals surface area contributed by atoms with Gasteiger partial charge >= 0.3 is 0 Å². The first-order valence-electron chi connectivity index (χ1n) is 11.1. The molecular formula is C29H28N2. The van der Waals surface area contributed by atoms with Crippen LogP contribution in [0.1, 0.15) is 34.2 Å². The second kappa shape index (κ2) is 6.88. The Bertz CT molecular complexity index is 1680. The van der Waals surface area contributed by atoms with Crippen molar-refractivity contribution in [1.82, 2.24) is 9.97 Å². The molecule has 0 fully saturated rings. The van der Waals surface area contributed by atoms with Crippen LogP contribution in [-0.2, 0) is 0 Å². The van der Waals surface area contributed by atoms with Crippen molar-refractivity contribution in [2.75, 3.05) is 0 Å². The standard InChI is InChI=1S/C27H18N2.C2H6.2H2/c1-2-6-16-10-12-20-22-14-25-23(15-24(22)28-26(20)18(16)8-3-1)21-13-11-17-7-4-5-9-19(17)27(21)29-25;1-2;;/h2-15,28-29H,1H2;1-2H3;2*1H. The Balaban J connectivity index is 0.000000632. The van der Waals surface area contributed by atoms with Crippen LogP contribution in [-0.4, -0.2) is 9.97 Å². The summed E-state index contributed by atoms with van der Waals surface area (Å²) in [6.45, 7) is 4.00. The number of fused-ring (bicyclic) bond motifs is 10. The average molecular weight is 405 g/mol. The number of hydrogen-bond donors (Lipinski definition) is 2. The largest absolute Gasteiger partial charge is 0.354 e. The van der Waals surface area contributed by atoms with Gasteiger partial charge in [0, 0.05) is 46.4 Å². The molecule has 6 aromatic rings. The molecule has 31 heavy (non-hydrogen) atoms. The average Bonchev–Trinajstić information content (AvgIpc) is 3.26. The molecule has 0 saturated heterocycles. The molecule has 2 nitrogen and oxygen atoms in total. The van der Waals surface area contributed by atoms with Crippen LogP contribution in [0.15, 0.2) is 72.8 Å². The third-order valence-corrected chi connectivity index (χ3v) is 6.32. The van der Waals surface area contributed by atoms with Crippen molar-refractivity contribution in [2.24, 2.45) is 0 Å². The summed E-state index contributed by atoms with van der Waals surface area (Å²) < 4.78 is 0. The van der Waals surface area contributed by atoms with Crippen LogP contribution in [0.25, 0.3) is 66.5 Å². The fraction of sp³-hybridized carbons (Fsp3) is 0.103. The van der Waals surface area contributed by atoms with Gasteiger partial charge in [-0.05, 0) is 29.5 Å². The minimum absolute atomic E-state index is 0. The molecule has 0 saturated carbocycles. The van der Waals surface area contributed by atoms with Gasteiger partial charge < -0.3 is 9.97 Å². The molecular weight excluding hydrogens is 376 g/mol. The molecule has 0 radical (unpaired) electrons. The van der Waals surface area contributed by atoms with Crippen LogP contribution in [0.3, 0.4) is 0 Å². The van der Waals surface area contributed by atoms with E-state index in [1.807, 2.05) is 13.8 Å². The zero-order valence-corrected chi connectivity index (χ0v) is 17.8. The van der Waals surface area contributed by atoms with Gasteiger partial charge in [0.05, 0.1) is 11.0 Å². The summed E-state index contributed by atoms with van der Waals surface area (Å²) in [5, 5.41) is 7.64. The Morgan fingerprint density at radius 1 is 0.645 bits per heavy atom. The summed E-state index contributed by atoms with van der Waals surface area (Å²) in [5.41, 5.74) is 7.39. The van der Waals surface area contributed by atoms with E-state index in [1.165, 1.54) is 65.5 Å². The molecule has 1 aliphatic carbocycles. The van der Waals surface area contributed by atoms with Crippen LogP contribution < -0.4 is 0 Å². The first-order valence-corrected chi connectivity index (χ1v) is 11.1. The summed E-state index contributed by atoms with van der Waals surface area (Å²) in [6, 6.07) is 22.1. The van der Waals surface area contributed by atoms with Crippen molar-refractivity contribution < 1.29 is 2.85 Å². The van der Waals surface area contributed by atoms with Crippen molar-refractivity contribution in [3.8, 4) is 0 Å². The Labute approximate surface area is 183 Å². The first kappa shape index (κ1) is 18.0. The number of aromatic amines is 2. The quantitative estimate of drug-likeness (QED) is 0.253. The number of hydrogen-bond acceptors (Lipinski definition) is 0. The topological polar surface area (TPSA) is 31.6 Å². The van der Waals surface area contributed by atoms with E-state index >= 15 is 0 Å². The Hall–Kier alpha value is -3.78. The van der Waals surface area contributed by atoms with Crippen LogP contribution in [0.2, 0.25) is 0 Å². The third-order valence-electron chi connectivity index (χ3n) is 6.32. The maximum absolute atomic E-state index is 3.72. The Morgan fingerprint density at radius 2 is 1.32 bits per heavy atom. The molecule has 154 valence electrons. The fourth-order valence-electron chi connectivity index (χ4n) is 4.93. The van der Waals surface area contributed by atoms with Gasteiger partial charge in [0.2, 0.25) is 0 Å². The highest BCUT2D eigenvalue weighted by atomic mass is 14.7. The highest BCUT2D eigenvalue weighted by Gasteiger charge is 2.14. The maximum atomic E-state index is 3.72. The zero-order valence-electron chi connectivity index (χ0n) is 17.8. The van der Waals surface area contributed by atoms with Crippen molar-refractivity contribution in [2.45, 2.75) is 20.3 Å². The van der Waals surface area contributed by atoms with E-state index in [1.54, 1.807) is 0 Å². The summed E-state index contributed by atoms with van der Waals surface area (Å²) in [6.07, 6.45) is 9.91. The van der Waals surface area contributed by atoms with E-state index in [4.69, 9.17) is 0 Å². The van der Waals surface area contributed by atoms with Crippen LogP contribution in [0, 0.1) is 0 Å². The number of nitrogens with one attached hydrogen (secondary N) is 2. The third kappa shape index (κ3) is 2.58. The number of rotatable bonds is 0. The second-order valence-electron chi connectivity index (χ2n) is 7.93. The predicted octanol–water partition coefficient (Wildman–Crippen LogP) is 9.06. The van der Waals surface area contributed by atoms with Crippen molar-refractivity contribution in [1.29, 1.82) is 0 Å². The molecule has 0 aliphatic heterocycles. The molecule has 0 amide bonds. The van der Waals surface area contributed by atoms with Gasteiger partial charge in [0.25, 0.3) is 0 Å². The van der Waals surface area contributed by atoms with E-state index in [9.17, 15) is 0 Å².